The zero-order valence-electron chi connectivity index (χ0n) is 15.1. The summed E-state index contributed by atoms with van der Waals surface area (Å²) in [6.07, 6.45) is 3.40. The number of benzene rings is 2. The molecule has 5 nitrogen and oxygen atoms in total. The first-order valence-electron chi connectivity index (χ1n) is 8.64. The van der Waals surface area contributed by atoms with Gasteiger partial charge in [-0.05, 0) is 24.1 Å². The molecular formula is C21H23N3O2. The number of para-hydroxylation sites is 1. The van der Waals surface area contributed by atoms with Crippen LogP contribution in [0.4, 0.5) is 0 Å². The molecule has 2 aromatic carbocycles. The Morgan fingerprint density at radius 3 is 2.62 bits per heavy atom. The number of rotatable bonds is 7. The van der Waals surface area contributed by atoms with Crippen LogP contribution in [0.3, 0.4) is 0 Å². The summed E-state index contributed by atoms with van der Waals surface area (Å²) < 4.78 is 7.54. The van der Waals surface area contributed by atoms with Crippen molar-refractivity contribution in [3.8, 4) is 5.75 Å². The van der Waals surface area contributed by atoms with Gasteiger partial charge in [-0.3, -0.25) is 9.48 Å². The van der Waals surface area contributed by atoms with Gasteiger partial charge in [0.05, 0.1) is 24.8 Å². The van der Waals surface area contributed by atoms with Gasteiger partial charge >= 0.3 is 0 Å². The summed E-state index contributed by atoms with van der Waals surface area (Å²) in [7, 11) is 1.78. The summed E-state index contributed by atoms with van der Waals surface area (Å²) >= 11 is 0. The zero-order valence-corrected chi connectivity index (χ0v) is 15.1. The summed E-state index contributed by atoms with van der Waals surface area (Å²) in [4.78, 5) is 14.2. The lowest BCUT2D eigenvalue weighted by molar-refractivity contribution is 0.0773. The summed E-state index contributed by atoms with van der Waals surface area (Å²) in [6.45, 7) is 3.61. The van der Waals surface area contributed by atoms with Gasteiger partial charge in [0.15, 0.2) is 0 Å². The average Bonchev–Trinajstić information content (AvgIpc) is 3.12. The van der Waals surface area contributed by atoms with Gasteiger partial charge in [0, 0.05) is 13.2 Å². The molecule has 0 atom stereocenters. The van der Waals surface area contributed by atoms with E-state index in [1.807, 2.05) is 61.5 Å². The molecule has 0 radical (unpaired) electrons. The van der Waals surface area contributed by atoms with Crippen molar-refractivity contribution in [2.75, 3.05) is 20.2 Å². The van der Waals surface area contributed by atoms with E-state index in [9.17, 15) is 4.79 Å². The second-order valence-electron chi connectivity index (χ2n) is 6.25. The Bertz CT molecular complexity index is 858. The second kappa shape index (κ2) is 8.34. The maximum absolute atomic E-state index is 12.5. The number of carbonyl (C=O) groups excluding carboxylic acids is 1. The fraction of sp³-hybridized carbons (Fsp3) is 0.238. The molecule has 0 aliphatic carbocycles. The van der Waals surface area contributed by atoms with E-state index in [1.54, 1.807) is 29.0 Å². The fourth-order valence-electron chi connectivity index (χ4n) is 2.66. The molecule has 3 aromatic rings. The molecule has 0 saturated heterocycles. The summed E-state index contributed by atoms with van der Waals surface area (Å²) in [5, 5.41) is 4.29. The Morgan fingerprint density at radius 1 is 1.12 bits per heavy atom. The van der Waals surface area contributed by atoms with Crippen molar-refractivity contribution >= 4 is 5.91 Å². The molecule has 0 fully saturated rings. The molecule has 0 aliphatic rings. The van der Waals surface area contributed by atoms with Crippen LogP contribution in [-0.2, 0) is 6.54 Å². The quantitative estimate of drug-likeness (QED) is 0.657. The predicted octanol–water partition coefficient (Wildman–Crippen LogP) is 3.39. The van der Waals surface area contributed by atoms with Crippen molar-refractivity contribution in [3.05, 3.63) is 83.7 Å². The minimum Gasteiger partial charge on any atom is -0.491 e. The highest BCUT2D eigenvalue weighted by atomic mass is 16.5. The topological polar surface area (TPSA) is 47.4 Å². The molecule has 26 heavy (non-hydrogen) atoms. The van der Waals surface area contributed by atoms with Gasteiger partial charge < -0.3 is 9.64 Å². The molecule has 0 N–H and O–H groups in total. The van der Waals surface area contributed by atoms with Crippen molar-refractivity contribution < 1.29 is 9.53 Å². The highest BCUT2D eigenvalue weighted by Gasteiger charge is 2.14. The SMILES string of the molecule is Cc1ccccc1OCCN(C)C(=O)c1cnn(Cc2ccccc2)c1. The summed E-state index contributed by atoms with van der Waals surface area (Å²) in [5.74, 6) is 0.793. The third-order valence-electron chi connectivity index (χ3n) is 4.19. The smallest absolute Gasteiger partial charge is 0.256 e. The molecular weight excluding hydrogens is 326 g/mol. The van der Waals surface area contributed by atoms with Crippen LogP contribution >= 0.6 is 0 Å². The van der Waals surface area contributed by atoms with E-state index in [-0.39, 0.29) is 5.91 Å². The van der Waals surface area contributed by atoms with E-state index < -0.39 is 0 Å². The van der Waals surface area contributed by atoms with Crippen LogP contribution in [0.5, 0.6) is 5.75 Å². The zero-order chi connectivity index (χ0) is 18.4. The average molecular weight is 349 g/mol. The van der Waals surface area contributed by atoms with Gasteiger partial charge in [-0.25, -0.2) is 0 Å². The third-order valence-corrected chi connectivity index (χ3v) is 4.19. The van der Waals surface area contributed by atoms with Crippen LogP contribution in [0.1, 0.15) is 21.5 Å². The van der Waals surface area contributed by atoms with Gasteiger partial charge in [-0.2, -0.15) is 5.10 Å². The molecule has 3 rings (SSSR count). The van der Waals surface area contributed by atoms with E-state index in [0.29, 0.717) is 25.3 Å². The summed E-state index contributed by atoms with van der Waals surface area (Å²) in [5.41, 5.74) is 2.82. The van der Waals surface area contributed by atoms with Crippen molar-refractivity contribution in [3.63, 3.8) is 0 Å². The van der Waals surface area contributed by atoms with Crippen molar-refractivity contribution in [1.82, 2.24) is 14.7 Å². The highest BCUT2D eigenvalue weighted by molar-refractivity contribution is 5.93. The van der Waals surface area contributed by atoms with Crippen LogP contribution in [0.15, 0.2) is 67.0 Å². The molecule has 1 heterocycles. The molecule has 0 saturated carbocycles. The van der Waals surface area contributed by atoms with Gasteiger partial charge in [-0.15, -0.1) is 0 Å². The lowest BCUT2D eigenvalue weighted by Crippen LogP contribution is -2.30. The van der Waals surface area contributed by atoms with Gasteiger partial charge in [0.25, 0.3) is 5.91 Å². The molecule has 5 heteroatoms. The predicted molar refractivity (Wildman–Crippen MR) is 101 cm³/mol. The number of aryl methyl sites for hydroxylation is 1. The first-order valence-corrected chi connectivity index (χ1v) is 8.64. The standard InChI is InChI=1S/C21H23N3O2/c1-17-8-6-7-11-20(17)26-13-12-23(2)21(25)19-14-22-24(16-19)15-18-9-4-3-5-10-18/h3-11,14,16H,12-13,15H2,1-2H3. The van der Waals surface area contributed by atoms with Crippen molar-refractivity contribution in [1.29, 1.82) is 0 Å². The number of hydrogen-bond donors (Lipinski definition) is 0. The normalized spacial score (nSPS) is 10.5. The van der Waals surface area contributed by atoms with E-state index in [4.69, 9.17) is 4.74 Å². The van der Waals surface area contributed by atoms with Crippen LogP contribution < -0.4 is 4.74 Å². The van der Waals surface area contributed by atoms with E-state index in [1.165, 1.54) is 0 Å². The van der Waals surface area contributed by atoms with Crippen molar-refractivity contribution in [2.24, 2.45) is 0 Å². The maximum atomic E-state index is 12.5. The fourth-order valence-corrected chi connectivity index (χ4v) is 2.66. The van der Waals surface area contributed by atoms with Crippen LogP contribution in [0.25, 0.3) is 0 Å². The Balaban J connectivity index is 1.53. The number of aromatic nitrogens is 2. The largest absolute Gasteiger partial charge is 0.491 e. The van der Waals surface area contributed by atoms with Gasteiger partial charge in [-0.1, -0.05) is 48.5 Å². The molecule has 1 amide bonds. The van der Waals surface area contributed by atoms with Crippen LogP contribution in [0.2, 0.25) is 0 Å². The lowest BCUT2D eigenvalue weighted by Gasteiger charge is -2.17. The number of hydrogen-bond acceptors (Lipinski definition) is 3. The minimum absolute atomic E-state index is 0.0577. The molecule has 0 unspecified atom stereocenters. The summed E-state index contributed by atoms with van der Waals surface area (Å²) in [6, 6.07) is 17.9. The van der Waals surface area contributed by atoms with Crippen LogP contribution in [0, 0.1) is 6.92 Å². The van der Waals surface area contributed by atoms with E-state index >= 15 is 0 Å². The Morgan fingerprint density at radius 2 is 1.85 bits per heavy atom. The number of ether oxygens (including phenoxy) is 1. The lowest BCUT2D eigenvalue weighted by atomic mass is 10.2. The minimum atomic E-state index is -0.0577. The Labute approximate surface area is 153 Å². The first-order chi connectivity index (χ1) is 12.6. The van der Waals surface area contributed by atoms with E-state index in [2.05, 4.69) is 5.10 Å². The third kappa shape index (κ3) is 4.51. The highest BCUT2D eigenvalue weighted by Crippen LogP contribution is 2.16. The molecule has 0 spiro atoms. The van der Waals surface area contributed by atoms with Crippen molar-refractivity contribution in [2.45, 2.75) is 13.5 Å². The molecule has 0 bridgehead atoms. The molecule has 1 aromatic heterocycles. The van der Waals surface area contributed by atoms with Crippen LogP contribution in [-0.4, -0.2) is 40.8 Å². The van der Waals surface area contributed by atoms with Gasteiger partial charge in [0.1, 0.15) is 12.4 Å². The number of nitrogens with zero attached hydrogens (tertiary/aromatic N) is 3. The monoisotopic (exact) mass is 349 g/mol. The second-order valence-corrected chi connectivity index (χ2v) is 6.25. The number of carbonyl (C=O) groups is 1. The Kier molecular flexibility index (Phi) is 5.69. The van der Waals surface area contributed by atoms with E-state index in [0.717, 1.165) is 16.9 Å². The van der Waals surface area contributed by atoms with Gasteiger partial charge in [0.2, 0.25) is 0 Å². The maximum Gasteiger partial charge on any atom is 0.256 e. The molecule has 0 aliphatic heterocycles. The number of amides is 1. The first kappa shape index (κ1) is 17.7. The Hall–Kier alpha value is -3.08. The molecule has 134 valence electrons. The number of likely N-dealkylation sites (N-methyl/N-ethyl adjacent to an activating group) is 1.